The highest BCUT2D eigenvalue weighted by molar-refractivity contribution is 6.33. The second-order valence-corrected chi connectivity index (χ2v) is 7.00. The van der Waals surface area contributed by atoms with Gasteiger partial charge < -0.3 is 16.2 Å². The van der Waals surface area contributed by atoms with Gasteiger partial charge in [0.05, 0.1) is 16.9 Å². The lowest BCUT2D eigenvalue weighted by atomic mass is 9.84. The second kappa shape index (κ2) is 7.45. The van der Waals surface area contributed by atoms with E-state index in [1.165, 1.54) is 32.1 Å². The Morgan fingerprint density at radius 2 is 2.08 bits per heavy atom. The molecule has 1 aliphatic rings. The monoisotopic (exact) mass is 348 g/mol. The number of rotatable bonds is 5. The minimum atomic E-state index is 0.0534. The maximum atomic E-state index is 6.36. The maximum absolute atomic E-state index is 6.36. The SMILES string of the molecule is Cn1ncc(Cl)c1-c1cc(N)ccc1OC[C@@H](N)C1CCCCC1. The molecule has 2 aromatic rings. The first-order valence-electron chi connectivity index (χ1n) is 8.52. The van der Waals surface area contributed by atoms with Crippen LogP contribution in [0.5, 0.6) is 5.75 Å². The fraction of sp³-hybridized carbons (Fsp3) is 0.500. The van der Waals surface area contributed by atoms with Crippen LogP contribution < -0.4 is 16.2 Å². The number of anilines is 1. The van der Waals surface area contributed by atoms with E-state index in [1.54, 1.807) is 10.9 Å². The Hall–Kier alpha value is -1.72. The van der Waals surface area contributed by atoms with Gasteiger partial charge in [0.25, 0.3) is 0 Å². The lowest BCUT2D eigenvalue weighted by molar-refractivity contribution is 0.214. The minimum absolute atomic E-state index is 0.0534. The van der Waals surface area contributed by atoms with Gasteiger partial charge in [0.2, 0.25) is 0 Å². The van der Waals surface area contributed by atoms with E-state index < -0.39 is 0 Å². The molecule has 0 unspecified atom stereocenters. The molecule has 1 fully saturated rings. The molecule has 0 saturated heterocycles. The normalized spacial score (nSPS) is 17.0. The summed E-state index contributed by atoms with van der Waals surface area (Å²) in [5.41, 5.74) is 14.6. The van der Waals surface area contributed by atoms with E-state index in [9.17, 15) is 0 Å². The fourth-order valence-electron chi connectivity index (χ4n) is 3.46. The smallest absolute Gasteiger partial charge is 0.128 e. The van der Waals surface area contributed by atoms with Gasteiger partial charge >= 0.3 is 0 Å². The van der Waals surface area contributed by atoms with Crippen LogP contribution in [0.3, 0.4) is 0 Å². The number of hydrogen-bond donors (Lipinski definition) is 2. The summed E-state index contributed by atoms with van der Waals surface area (Å²) >= 11 is 6.28. The number of nitrogens with zero attached hydrogens (tertiary/aromatic N) is 2. The van der Waals surface area contributed by atoms with Crippen LogP contribution >= 0.6 is 11.6 Å². The van der Waals surface area contributed by atoms with Gasteiger partial charge in [0.15, 0.2) is 0 Å². The summed E-state index contributed by atoms with van der Waals surface area (Å²) < 4.78 is 7.79. The largest absolute Gasteiger partial charge is 0.491 e. The first-order chi connectivity index (χ1) is 11.6. The summed E-state index contributed by atoms with van der Waals surface area (Å²) in [6, 6.07) is 5.62. The summed E-state index contributed by atoms with van der Waals surface area (Å²) in [6.45, 7) is 0.497. The molecule has 0 bridgehead atoms. The molecule has 1 saturated carbocycles. The van der Waals surface area contributed by atoms with Gasteiger partial charge in [0, 0.05) is 24.3 Å². The van der Waals surface area contributed by atoms with Crippen LogP contribution in [-0.2, 0) is 7.05 Å². The molecule has 0 amide bonds. The zero-order chi connectivity index (χ0) is 17.1. The van der Waals surface area contributed by atoms with Gasteiger partial charge in [-0.3, -0.25) is 4.68 Å². The topological polar surface area (TPSA) is 79.1 Å². The molecule has 24 heavy (non-hydrogen) atoms. The van der Waals surface area contributed by atoms with Crippen LogP contribution in [0.25, 0.3) is 11.3 Å². The molecule has 1 aliphatic carbocycles. The molecular formula is C18H25ClN4O. The van der Waals surface area contributed by atoms with Gasteiger partial charge in [-0.2, -0.15) is 5.10 Å². The van der Waals surface area contributed by atoms with Crippen LogP contribution in [0.15, 0.2) is 24.4 Å². The Morgan fingerprint density at radius 3 is 2.75 bits per heavy atom. The number of benzene rings is 1. The van der Waals surface area contributed by atoms with Crippen molar-refractivity contribution in [2.24, 2.45) is 18.7 Å². The highest BCUT2D eigenvalue weighted by Gasteiger charge is 2.22. The van der Waals surface area contributed by atoms with Gasteiger partial charge in [-0.15, -0.1) is 0 Å². The van der Waals surface area contributed by atoms with E-state index in [0.717, 1.165) is 17.0 Å². The Bertz CT molecular complexity index is 675. The van der Waals surface area contributed by atoms with Crippen molar-refractivity contribution in [1.82, 2.24) is 9.78 Å². The molecule has 1 aromatic carbocycles. The van der Waals surface area contributed by atoms with Crippen molar-refractivity contribution in [3.8, 4) is 17.0 Å². The Labute approximate surface area is 147 Å². The van der Waals surface area contributed by atoms with Crippen LogP contribution in [0.2, 0.25) is 5.02 Å². The van der Waals surface area contributed by atoms with E-state index in [1.807, 2.05) is 25.2 Å². The molecule has 4 N–H and O–H groups in total. The van der Waals surface area contributed by atoms with Gasteiger partial charge in [0.1, 0.15) is 12.4 Å². The molecule has 5 nitrogen and oxygen atoms in total. The minimum Gasteiger partial charge on any atom is -0.491 e. The number of halogens is 1. The average molecular weight is 349 g/mol. The molecule has 130 valence electrons. The Kier molecular flexibility index (Phi) is 5.31. The van der Waals surface area contributed by atoms with Crippen molar-refractivity contribution in [3.63, 3.8) is 0 Å². The fourth-order valence-corrected chi connectivity index (χ4v) is 3.72. The first kappa shape index (κ1) is 17.1. The van der Waals surface area contributed by atoms with Crippen molar-refractivity contribution >= 4 is 17.3 Å². The molecule has 3 rings (SSSR count). The van der Waals surface area contributed by atoms with Crippen LogP contribution in [0.4, 0.5) is 5.69 Å². The first-order valence-corrected chi connectivity index (χ1v) is 8.90. The van der Waals surface area contributed by atoms with Crippen LogP contribution in [0.1, 0.15) is 32.1 Å². The van der Waals surface area contributed by atoms with Gasteiger partial charge in [-0.25, -0.2) is 0 Å². The lowest BCUT2D eigenvalue weighted by Crippen LogP contribution is -2.37. The van der Waals surface area contributed by atoms with Crippen molar-refractivity contribution in [3.05, 3.63) is 29.4 Å². The van der Waals surface area contributed by atoms with Gasteiger partial charge in [-0.1, -0.05) is 30.9 Å². The van der Waals surface area contributed by atoms with Gasteiger partial charge in [-0.05, 0) is 37.0 Å². The van der Waals surface area contributed by atoms with E-state index in [0.29, 0.717) is 23.2 Å². The lowest BCUT2D eigenvalue weighted by Gasteiger charge is -2.27. The van der Waals surface area contributed by atoms with E-state index in [-0.39, 0.29) is 6.04 Å². The predicted molar refractivity (Wildman–Crippen MR) is 98.1 cm³/mol. The summed E-state index contributed by atoms with van der Waals surface area (Å²) in [5, 5.41) is 4.77. The second-order valence-electron chi connectivity index (χ2n) is 6.59. The predicted octanol–water partition coefficient (Wildman–Crippen LogP) is 3.61. The summed E-state index contributed by atoms with van der Waals surface area (Å²) in [4.78, 5) is 0. The summed E-state index contributed by atoms with van der Waals surface area (Å²) in [7, 11) is 1.85. The van der Waals surface area contributed by atoms with E-state index in [2.05, 4.69) is 5.10 Å². The number of aryl methyl sites for hydroxylation is 1. The summed E-state index contributed by atoms with van der Waals surface area (Å²) in [5.74, 6) is 1.29. The van der Waals surface area contributed by atoms with Crippen molar-refractivity contribution in [2.45, 2.75) is 38.1 Å². The molecule has 0 spiro atoms. The zero-order valence-electron chi connectivity index (χ0n) is 14.0. The van der Waals surface area contributed by atoms with E-state index >= 15 is 0 Å². The van der Waals surface area contributed by atoms with Crippen molar-refractivity contribution in [2.75, 3.05) is 12.3 Å². The molecule has 0 aliphatic heterocycles. The van der Waals surface area contributed by atoms with Crippen molar-refractivity contribution in [1.29, 1.82) is 0 Å². The summed E-state index contributed by atoms with van der Waals surface area (Å²) in [6.07, 6.45) is 7.90. The number of nitrogen functional groups attached to an aromatic ring is 1. The molecule has 1 atom stereocenters. The maximum Gasteiger partial charge on any atom is 0.128 e. The quantitative estimate of drug-likeness (QED) is 0.809. The average Bonchev–Trinajstić information content (AvgIpc) is 2.92. The highest BCUT2D eigenvalue weighted by atomic mass is 35.5. The molecule has 1 aromatic heterocycles. The van der Waals surface area contributed by atoms with Crippen molar-refractivity contribution < 1.29 is 4.74 Å². The highest BCUT2D eigenvalue weighted by Crippen LogP contribution is 2.36. The molecular weight excluding hydrogens is 324 g/mol. The number of ether oxygens (including phenoxy) is 1. The van der Waals surface area contributed by atoms with Crippen LogP contribution in [-0.4, -0.2) is 22.4 Å². The third-order valence-electron chi connectivity index (χ3n) is 4.84. The standard InChI is InChI=1S/C18H25ClN4O/c1-23-18(15(19)10-22-23)14-9-13(20)7-8-17(14)24-11-16(21)12-5-3-2-4-6-12/h7-10,12,16H,2-6,11,20-21H2,1H3/t16-/m1/s1. The van der Waals surface area contributed by atoms with Crippen LogP contribution in [0, 0.1) is 5.92 Å². The third-order valence-corrected chi connectivity index (χ3v) is 5.12. The number of nitrogens with two attached hydrogens (primary N) is 2. The molecule has 6 heteroatoms. The number of hydrogen-bond acceptors (Lipinski definition) is 4. The van der Waals surface area contributed by atoms with E-state index in [4.69, 9.17) is 27.8 Å². The third kappa shape index (κ3) is 3.68. The molecule has 1 heterocycles. The Balaban J connectivity index is 1.78. The zero-order valence-corrected chi connectivity index (χ0v) is 14.8. The molecule has 0 radical (unpaired) electrons. The number of aromatic nitrogens is 2. The Morgan fingerprint density at radius 1 is 1.33 bits per heavy atom.